The summed E-state index contributed by atoms with van der Waals surface area (Å²) >= 11 is 5.97. The van der Waals surface area contributed by atoms with Crippen LogP contribution in [0.15, 0.2) is 28.8 Å². The molecule has 0 spiro atoms. The molecule has 2 aromatic rings. The molecule has 2 N–H and O–H groups in total. The molecule has 84 valence electrons. The van der Waals surface area contributed by atoms with Crippen LogP contribution in [0.25, 0.3) is 0 Å². The lowest BCUT2D eigenvalue weighted by Crippen LogP contribution is -1.96. The molecule has 2 rings (SSSR count). The maximum absolute atomic E-state index is 5.97. The van der Waals surface area contributed by atoms with Crippen molar-refractivity contribution in [2.75, 3.05) is 5.73 Å². The number of aromatic nitrogens is 1. The number of benzene rings is 1. The first-order chi connectivity index (χ1) is 7.65. The van der Waals surface area contributed by atoms with E-state index in [4.69, 9.17) is 26.6 Å². The van der Waals surface area contributed by atoms with Crippen LogP contribution >= 0.6 is 11.6 Å². The summed E-state index contributed by atoms with van der Waals surface area (Å²) in [5.41, 5.74) is 7.11. The number of nitrogen functional groups attached to an aromatic ring is 1. The van der Waals surface area contributed by atoms with E-state index in [-0.39, 0.29) is 12.5 Å². The van der Waals surface area contributed by atoms with Gasteiger partial charge >= 0.3 is 0 Å². The summed E-state index contributed by atoms with van der Waals surface area (Å²) in [5.74, 6) is 0.900. The van der Waals surface area contributed by atoms with E-state index in [9.17, 15) is 0 Å². The average Bonchev–Trinajstić information content (AvgIpc) is 2.66. The predicted octanol–water partition coefficient (Wildman–Crippen LogP) is 2.80. The van der Waals surface area contributed by atoms with Crippen molar-refractivity contribution in [3.8, 4) is 5.75 Å². The fraction of sp³-hybridized carbons (Fsp3) is 0.182. The molecule has 1 heterocycles. The van der Waals surface area contributed by atoms with E-state index < -0.39 is 0 Å². The second-order valence-corrected chi connectivity index (χ2v) is 3.85. The molecule has 1 aromatic carbocycles. The second kappa shape index (κ2) is 4.45. The van der Waals surface area contributed by atoms with Crippen LogP contribution in [-0.2, 0) is 6.61 Å². The largest absolute Gasteiger partial charge is 0.486 e. The van der Waals surface area contributed by atoms with Gasteiger partial charge in [0.25, 0.3) is 0 Å². The molecule has 0 aliphatic heterocycles. The highest BCUT2D eigenvalue weighted by Gasteiger charge is 2.05. The number of anilines is 1. The van der Waals surface area contributed by atoms with Gasteiger partial charge in [-0.3, -0.25) is 0 Å². The van der Waals surface area contributed by atoms with E-state index in [0.717, 1.165) is 5.56 Å². The first-order valence-corrected chi connectivity index (χ1v) is 5.13. The molecule has 0 fully saturated rings. The van der Waals surface area contributed by atoms with Gasteiger partial charge in [-0.1, -0.05) is 22.8 Å². The summed E-state index contributed by atoms with van der Waals surface area (Å²) in [6, 6.07) is 7.20. The number of hydrogen-bond donors (Lipinski definition) is 1. The van der Waals surface area contributed by atoms with Gasteiger partial charge in [0.05, 0.1) is 5.02 Å². The molecule has 0 bridgehead atoms. The monoisotopic (exact) mass is 238 g/mol. The number of aryl methyl sites for hydroxylation is 1. The van der Waals surface area contributed by atoms with Gasteiger partial charge in [0.2, 0.25) is 5.88 Å². The van der Waals surface area contributed by atoms with E-state index in [1.165, 1.54) is 0 Å². The SMILES string of the molecule is Cc1ccc(Cl)c(OCc2cc(N)on2)c1. The summed E-state index contributed by atoms with van der Waals surface area (Å²) < 4.78 is 10.2. The Bertz CT molecular complexity index is 496. The molecule has 0 aliphatic carbocycles. The molecule has 16 heavy (non-hydrogen) atoms. The van der Waals surface area contributed by atoms with Gasteiger partial charge in [-0.25, -0.2) is 0 Å². The minimum absolute atomic E-state index is 0.272. The minimum atomic E-state index is 0.272. The fourth-order valence-corrected chi connectivity index (χ4v) is 1.44. The predicted molar refractivity (Wildman–Crippen MR) is 61.4 cm³/mol. The molecule has 5 heteroatoms. The van der Waals surface area contributed by atoms with Crippen molar-refractivity contribution in [1.29, 1.82) is 0 Å². The van der Waals surface area contributed by atoms with Crippen LogP contribution in [0.1, 0.15) is 11.3 Å². The second-order valence-electron chi connectivity index (χ2n) is 3.44. The van der Waals surface area contributed by atoms with Crippen LogP contribution in [0, 0.1) is 6.92 Å². The number of ether oxygens (including phenoxy) is 1. The minimum Gasteiger partial charge on any atom is -0.486 e. The fourth-order valence-electron chi connectivity index (χ4n) is 1.27. The highest BCUT2D eigenvalue weighted by molar-refractivity contribution is 6.32. The van der Waals surface area contributed by atoms with E-state index in [1.807, 2.05) is 19.1 Å². The van der Waals surface area contributed by atoms with Crippen molar-refractivity contribution in [2.24, 2.45) is 0 Å². The quantitative estimate of drug-likeness (QED) is 0.893. The summed E-state index contributed by atoms with van der Waals surface area (Å²) in [6.45, 7) is 2.25. The number of rotatable bonds is 3. The summed E-state index contributed by atoms with van der Waals surface area (Å²) in [7, 11) is 0. The maximum Gasteiger partial charge on any atom is 0.222 e. The highest BCUT2D eigenvalue weighted by Crippen LogP contribution is 2.26. The van der Waals surface area contributed by atoms with Gasteiger partial charge in [-0.05, 0) is 24.6 Å². The van der Waals surface area contributed by atoms with Gasteiger partial charge in [0.1, 0.15) is 18.1 Å². The topological polar surface area (TPSA) is 61.3 Å². The zero-order chi connectivity index (χ0) is 11.5. The van der Waals surface area contributed by atoms with Crippen LogP contribution in [0.5, 0.6) is 5.75 Å². The van der Waals surface area contributed by atoms with Gasteiger partial charge < -0.3 is 15.0 Å². The standard InChI is InChI=1S/C11H11ClN2O2/c1-7-2-3-9(12)10(4-7)15-6-8-5-11(13)16-14-8/h2-5H,6,13H2,1H3. The number of nitrogens with zero attached hydrogens (tertiary/aromatic N) is 1. The Morgan fingerprint density at radius 2 is 2.25 bits per heavy atom. The molecule has 0 amide bonds. The number of nitrogens with two attached hydrogens (primary N) is 1. The number of hydrogen-bond acceptors (Lipinski definition) is 4. The molecule has 0 aliphatic rings. The molecule has 0 saturated heterocycles. The maximum atomic E-state index is 5.97. The molecular weight excluding hydrogens is 228 g/mol. The summed E-state index contributed by atoms with van der Waals surface area (Å²) in [5, 5.41) is 4.29. The molecule has 0 atom stereocenters. The van der Waals surface area contributed by atoms with Crippen LogP contribution in [0.4, 0.5) is 5.88 Å². The van der Waals surface area contributed by atoms with Crippen LogP contribution in [0.2, 0.25) is 5.02 Å². The van der Waals surface area contributed by atoms with Crippen LogP contribution in [0.3, 0.4) is 0 Å². The van der Waals surface area contributed by atoms with Crippen molar-refractivity contribution < 1.29 is 9.26 Å². The third-order valence-electron chi connectivity index (χ3n) is 2.04. The number of halogens is 1. The van der Waals surface area contributed by atoms with E-state index in [1.54, 1.807) is 12.1 Å². The highest BCUT2D eigenvalue weighted by atomic mass is 35.5. The van der Waals surface area contributed by atoms with Crippen molar-refractivity contribution in [3.05, 3.63) is 40.5 Å². The third-order valence-corrected chi connectivity index (χ3v) is 2.35. The van der Waals surface area contributed by atoms with Crippen molar-refractivity contribution in [2.45, 2.75) is 13.5 Å². The average molecular weight is 239 g/mol. The van der Waals surface area contributed by atoms with E-state index >= 15 is 0 Å². The molecule has 0 radical (unpaired) electrons. The Kier molecular flexibility index (Phi) is 3.01. The van der Waals surface area contributed by atoms with E-state index in [0.29, 0.717) is 16.5 Å². The van der Waals surface area contributed by atoms with Crippen LogP contribution < -0.4 is 10.5 Å². The molecule has 0 saturated carbocycles. The van der Waals surface area contributed by atoms with Gasteiger partial charge in [-0.15, -0.1) is 0 Å². The Balaban J connectivity index is 2.07. The summed E-state index contributed by atoms with van der Waals surface area (Å²) in [4.78, 5) is 0. The Morgan fingerprint density at radius 1 is 1.44 bits per heavy atom. The van der Waals surface area contributed by atoms with Crippen molar-refractivity contribution in [1.82, 2.24) is 5.16 Å². The van der Waals surface area contributed by atoms with Crippen LogP contribution in [-0.4, -0.2) is 5.16 Å². The third kappa shape index (κ3) is 2.46. The lowest BCUT2D eigenvalue weighted by Gasteiger charge is -2.06. The normalized spacial score (nSPS) is 10.4. The van der Waals surface area contributed by atoms with E-state index in [2.05, 4.69) is 5.16 Å². The zero-order valence-corrected chi connectivity index (χ0v) is 9.49. The smallest absolute Gasteiger partial charge is 0.222 e. The Hall–Kier alpha value is -1.68. The molecular formula is C11H11ClN2O2. The molecule has 4 nitrogen and oxygen atoms in total. The van der Waals surface area contributed by atoms with Gasteiger partial charge in [0, 0.05) is 6.07 Å². The van der Waals surface area contributed by atoms with Crippen molar-refractivity contribution >= 4 is 17.5 Å². The first-order valence-electron chi connectivity index (χ1n) is 4.75. The first kappa shape index (κ1) is 10.8. The Labute approximate surface area is 97.9 Å². The lowest BCUT2D eigenvalue weighted by atomic mass is 10.2. The zero-order valence-electron chi connectivity index (χ0n) is 8.74. The Morgan fingerprint density at radius 3 is 2.94 bits per heavy atom. The molecule has 0 unspecified atom stereocenters. The molecule has 1 aromatic heterocycles. The lowest BCUT2D eigenvalue weighted by molar-refractivity contribution is 0.290. The summed E-state index contributed by atoms with van der Waals surface area (Å²) in [6.07, 6.45) is 0. The van der Waals surface area contributed by atoms with Gasteiger partial charge in [-0.2, -0.15) is 0 Å². The van der Waals surface area contributed by atoms with Gasteiger partial charge in [0.15, 0.2) is 0 Å². The van der Waals surface area contributed by atoms with Crippen molar-refractivity contribution in [3.63, 3.8) is 0 Å².